The number of rotatable bonds is 6. The van der Waals surface area contributed by atoms with Crippen molar-refractivity contribution in [1.82, 2.24) is 15.6 Å². The van der Waals surface area contributed by atoms with E-state index >= 15 is 0 Å². The van der Waals surface area contributed by atoms with Crippen LogP contribution in [0, 0.1) is 5.82 Å². The molecule has 2 aromatic carbocycles. The van der Waals surface area contributed by atoms with E-state index in [1.807, 2.05) is 12.1 Å². The third kappa shape index (κ3) is 5.22. The summed E-state index contributed by atoms with van der Waals surface area (Å²) in [6.07, 6.45) is 3.33. The van der Waals surface area contributed by atoms with E-state index < -0.39 is 0 Å². The molecular formula is C21H18FN3O2. The highest BCUT2D eigenvalue weighted by atomic mass is 19.1. The normalized spacial score (nSPS) is 10.3. The second-order valence-electron chi connectivity index (χ2n) is 5.92. The van der Waals surface area contributed by atoms with Gasteiger partial charge in [0.2, 0.25) is 0 Å². The molecule has 0 radical (unpaired) electrons. The van der Waals surface area contributed by atoms with Crippen molar-refractivity contribution in [2.75, 3.05) is 0 Å². The lowest BCUT2D eigenvalue weighted by molar-refractivity contribution is 0.0939. The number of benzene rings is 2. The molecule has 0 saturated carbocycles. The van der Waals surface area contributed by atoms with Gasteiger partial charge < -0.3 is 10.6 Å². The third-order valence-electron chi connectivity index (χ3n) is 3.98. The monoisotopic (exact) mass is 363 g/mol. The number of hydrogen-bond acceptors (Lipinski definition) is 3. The van der Waals surface area contributed by atoms with Gasteiger partial charge in [-0.25, -0.2) is 4.39 Å². The van der Waals surface area contributed by atoms with E-state index in [2.05, 4.69) is 15.6 Å². The standard InChI is InChI=1S/C21H18FN3O2/c22-19-7-1-15(2-8-19)13-24-20(26)17-3-5-18(6-4-17)21(27)25-14-16-9-11-23-12-10-16/h1-12H,13-14H2,(H,24,26)(H,25,27). The van der Waals surface area contributed by atoms with Gasteiger partial charge in [0.1, 0.15) is 5.82 Å². The molecule has 0 aliphatic rings. The van der Waals surface area contributed by atoms with Gasteiger partial charge in [-0.15, -0.1) is 0 Å². The summed E-state index contributed by atoms with van der Waals surface area (Å²) in [6, 6.07) is 16.0. The lowest BCUT2D eigenvalue weighted by atomic mass is 10.1. The summed E-state index contributed by atoms with van der Waals surface area (Å²) in [5, 5.41) is 5.58. The first-order valence-electron chi connectivity index (χ1n) is 8.41. The maximum Gasteiger partial charge on any atom is 0.251 e. The summed E-state index contributed by atoms with van der Waals surface area (Å²) < 4.78 is 12.9. The van der Waals surface area contributed by atoms with Crippen molar-refractivity contribution in [3.05, 3.63) is 101 Å². The molecule has 1 heterocycles. The molecule has 0 atom stereocenters. The summed E-state index contributed by atoms with van der Waals surface area (Å²) in [6.45, 7) is 0.703. The van der Waals surface area contributed by atoms with E-state index in [0.29, 0.717) is 24.2 Å². The quantitative estimate of drug-likeness (QED) is 0.707. The Labute approximate surface area is 156 Å². The molecule has 0 unspecified atom stereocenters. The summed E-state index contributed by atoms with van der Waals surface area (Å²) in [5.74, 6) is -0.795. The van der Waals surface area contributed by atoms with Crippen LogP contribution in [0.1, 0.15) is 31.8 Å². The predicted octanol–water partition coefficient (Wildman–Crippen LogP) is 3.08. The van der Waals surface area contributed by atoms with Gasteiger partial charge >= 0.3 is 0 Å². The minimum atomic E-state index is -0.317. The van der Waals surface area contributed by atoms with Crippen LogP contribution in [-0.2, 0) is 13.1 Å². The van der Waals surface area contributed by atoms with Gasteiger partial charge in [-0.3, -0.25) is 14.6 Å². The smallest absolute Gasteiger partial charge is 0.251 e. The van der Waals surface area contributed by atoms with Gasteiger partial charge in [0.25, 0.3) is 11.8 Å². The van der Waals surface area contributed by atoms with Gasteiger partial charge in [-0.1, -0.05) is 12.1 Å². The number of hydrogen-bond donors (Lipinski definition) is 2. The fourth-order valence-electron chi connectivity index (χ4n) is 2.44. The molecule has 0 spiro atoms. The van der Waals surface area contributed by atoms with E-state index in [1.54, 1.807) is 48.8 Å². The van der Waals surface area contributed by atoms with Crippen LogP contribution in [0.2, 0.25) is 0 Å². The Balaban J connectivity index is 1.53. The lowest BCUT2D eigenvalue weighted by Gasteiger charge is -2.08. The molecular weight excluding hydrogens is 345 g/mol. The summed E-state index contributed by atoms with van der Waals surface area (Å²) >= 11 is 0. The van der Waals surface area contributed by atoms with E-state index in [0.717, 1.165) is 11.1 Å². The zero-order valence-electron chi connectivity index (χ0n) is 14.5. The summed E-state index contributed by atoms with van der Waals surface area (Å²) in [5.41, 5.74) is 2.67. The van der Waals surface area contributed by atoms with Gasteiger partial charge in [0.05, 0.1) is 0 Å². The molecule has 0 fully saturated rings. The molecule has 2 amide bonds. The molecule has 0 aliphatic heterocycles. The Morgan fingerprint density at radius 2 is 1.15 bits per heavy atom. The minimum absolute atomic E-state index is 0.218. The fraction of sp³-hybridized carbons (Fsp3) is 0.0952. The first kappa shape index (κ1) is 18.3. The van der Waals surface area contributed by atoms with Crippen LogP contribution < -0.4 is 10.6 Å². The Kier molecular flexibility index (Phi) is 5.89. The van der Waals surface area contributed by atoms with Crippen molar-refractivity contribution in [3.8, 4) is 0 Å². The highest BCUT2D eigenvalue weighted by Gasteiger charge is 2.09. The first-order chi connectivity index (χ1) is 13.1. The molecule has 27 heavy (non-hydrogen) atoms. The molecule has 0 saturated heterocycles. The highest BCUT2D eigenvalue weighted by molar-refractivity contribution is 5.97. The van der Waals surface area contributed by atoms with Crippen LogP contribution in [0.15, 0.2) is 73.1 Å². The molecule has 5 nitrogen and oxygen atoms in total. The van der Waals surface area contributed by atoms with Gasteiger partial charge in [0.15, 0.2) is 0 Å². The SMILES string of the molecule is O=C(NCc1ccncc1)c1ccc(C(=O)NCc2ccc(F)cc2)cc1. The highest BCUT2D eigenvalue weighted by Crippen LogP contribution is 2.07. The zero-order chi connectivity index (χ0) is 19.1. The van der Waals surface area contributed by atoms with Crippen LogP contribution in [0.25, 0.3) is 0 Å². The number of amides is 2. The Bertz CT molecular complexity index is 910. The molecule has 0 aliphatic carbocycles. The number of halogens is 1. The van der Waals surface area contributed by atoms with Crippen LogP contribution in [0.3, 0.4) is 0 Å². The number of carbonyl (C=O) groups excluding carboxylic acids is 2. The second kappa shape index (κ2) is 8.71. The van der Waals surface area contributed by atoms with Crippen LogP contribution in [0.4, 0.5) is 4.39 Å². The zero-order valence-corrected chi connectivity index (χ0v) is 14.5. The number of nitrogens with zero attached hydrogens (tertiary/aromatic N) is 1. The molecule has 6 heteroatoms. The van der Waals surface area contributed by atoms with E-state index in [9.17, 15) is 14.0 Å². The lowest BCUT2D eigenvalue weighted by Crippen LogP contribution is -2.24. The average molecular weight is 363 g/mol. The largest absolute Gasteiger partial charge is 0.348 e. The molecule has 3 aromatic rings. The minimum Gasteiger partial charge on any atom is -0.348 e. The number of nitrogens with one attached hydrogen (secondary N) is 2. The van der Waals surface area contributed by atoms with Crippen molar-refractivity contribution in [3.63, 3.8) is 0 Å². The number of pyridine rings is 1. The fourth-order valence-corrected chi connectivity index (χ4v) is 2.44. The van der Waals surface area contributed by atoms with E-state index in [-0.39, 0.29) is 17.6 Å². The molecule has 2 N–H and O–H groups in total. The van der Waals surface area contributed by atoms with Crippen LogP contribution >= 0.6 is 0 Å². The molecule has 0 bridgehead atoms. The Morgan fingerprint density at radius 1 is 0.704 bits per heavy atom. The molecule has 136 valence electrons. The Morgan fingerprint density at radius 3 is 1.63 bits per heavy atom. The van der Waals surface area contributed by atoms with E-state index in [4.69, 9.17) is 0 Å². The van der Waals surface area contributed by atoms with Crippen molar-refractivity contribution in [2.45, 2.75) is 13.1 Å². The topological polar surface area (TPSA) is 71.1 Å². The first-order valence-corrected chi connectivity index (χ1v) is 8.41. The van der Waals surface area contributed by atoms with Crippen molar-refractivity contribution in [2.24, 2.45) is 0 Å². The van der Waals surface area contributed by atoms with Gasteiger partial charge in [-0.05, 0) is 59.7 Å². The number of carbonyl (C=O) groups is 2. The maximum atomic E-state index is 12.9. The maximum absolute atomic E-state index is 12.9. The van der Waals surface area contributed by atoms with Crippen molar-refractivity contribution >= 4 is 11.8 Å². The summed E-state index contributed by atoms with van der Waals surface area (Å²) in [7, 11) is 0. The predicted molar refractivity (Wildman–Crippen MR) is 99.4 cm³/mol. The van der Waals surface area contributed by atoms with Crippen LogP contribution in [-0.4, -0.2) is 16.8 Å². The average Bonchev–Trinajstić information content (AvgIpc) is 2.72. The van der Waals surface area contributed by atoms with Gasteiger partial charge in [-0.2, -0.15) is 0 Å². The molecule has 1 aromatic heterocycles. The summed E-state index contributed by atoms with van der Waals surface area (Å²) in [4.78, 5) is 28.3. The number of aromatic nitrogens is 1. The van der Waals surface area contributed by atoms with E-state index in [1.165, 1.54) is 12.1 Å². The molecule has 3 rings (SSSR count). The van der Waals surface area contributed by atoms with Crippen LogP contribution in [0.5, 0.6) is 0 Å². The van der Waals surface area contributed by atoms with Gasteiger partial charge in [0, 0.05) is 36.6 Å². The van der Waals surface area contributed by atoms with Crippen molar-refractivity contribution in [1.29, 1.82) is 0 Å². The van der Waals surface area contributed by atoms with Crippen molar-refractivity contribution < 1.29 is 14.0 Å². The third-order valence-corrected chi connectivity index (χ3v) is 3.98. The Hall–Kier alpha value is -3.54. The second-order valence-corrected chi connectivity index (χ2v) is 5.92.